The van der Waals surface area contributed by atoms with Gasteiger partial charge in [-0.1, -0.05) is 6.92 Å². The average molecular weight is 411 g/mol. The van der Waals surface area contributed by atoms with Crippen LogP contribution in [0.4, 0.5) is 0 Å². The fourth-order valence-corrected chi connectivity index (χ4v) is 2.32. The number of nitrogens with zero attached hydrogens (tertiary/aromatic N) is 3. The van der Waals surface area contributed by atoms with Crippen molar-refractivity contribution in [1.82, 2.24) is 20.4 Å². The standard InChI is InChI=1S/C14H29N5O.HI/c1-5-13(20)19-10-7-12(11-19)17-14(15-2)16-8-6-9-18(3)4;/h12H,5-11H2,1-4H3,(H2,15,16,17);1H. The smallest absolute Gasteiger partial charge is 0.222 e. The van der Waals surface area contributed by atoms with E-state index in [1.165, 1.54) is 0 Å². The molecule has 0 aromatic carbocycles. The van der Waals surface area contributed by atoms with Crippen molar-refractivity contribution in [1.29, 1.82) is 0 Å². The second-order valence-electron chi connectivity index (χ2n) is 5.48. The Hall–Kier alpha value is -0.570. The van der Waals surface area contributed by atoms with Crippen molar-refractivity contribution in [3.05, 3.63) is 0 Å². The fourth-order valence-electron chi connectivity index (χ4n) is 2.32. The van der Waals surface area contributed by atoms with Gasteiger partial charge in [0, 0.05) is 39.1 Å². The molecule has 2 N–H and O–H groups in total. The van der Waals surface area contributed by atoms with Crippen molar-refractivity contribution in [2.24, 2.45) is 4.99 Å². The Bertz CT molecular complexity index is 335. The molecule has 124 valence electrons. The number of carbonyl (C=O) groups is 1. The molecule has 1 aliphatic heterocycles. The van der Waals surface area contributed by atoms with Crippen LogP contribution in [0.25, 0.3) is 0 Å². The zero-order valence-corrected chi connectivity index (χ0v) is 16.0. The third kappa shape index (κ3) is 7.85. The minimum atomic E-state index is 0. The lowest BCUT2D eigenvalue weighted by Gasteiger charge is -2.19. The summed E-state index contributed by atoms with van der Waals surface area (Å²) in [5.74, 6) is 1.07. The molecule has 1 rings (SSSR count). The minimum absolute atomic E-state index is 0. The second-order valence-corrected chi connectivity index (χ2v) is 5.48. The lowest BCUT2D eigenvalue weighted by molar-refractivity contribution is -0.129. The summed E-state index contributed by atoms with van der Waals surface area (Å²) in [6, 6.07) is 0.311. The summed E-state index contributed by atoms with van der Waals surface area (Å²) >= 11 is 0. The van der Waals surface area contributed by atoms with Gasteiger partial charge in [-0.3, -0.25) is 9.79 Å². The zero-order chi connectivity index (χ0) is 15.0. The molecule has 0 aliphatic carbocycles. The highest BCUT2D eigenvalue weighted by Gasteiger charge is 2.25. The first-order chi connectivity index (χ1) is 9.56. The third-order valence-electron chi connectivity index (χ3n) is 3.48. The van der Waals surface area contributed by atoms with Crippen LogP contribution in [0.5, 0.6) is 0 Å². The maximum absolute atomic E-state index is 11.6. The van der Waals surface area contributed by atoms with Gasteiger partial charge in [-0.05, 0) is 33.5 Å². The Labute approximate surface area is 145 Å². The number of carbonyl (C=O) groups excluding carboxylic acids is 1. The lowest BCUT2D eigenvalue weighted by atomic mass is 10.3. The number of hydrogen-bond acceptors (Lipinski definition) is 3. The van der Waals surface area contributed by atoms with Gasteiger partial charge in [-0.15, -0.1) is 24.0 Å². The van der Waals surface area contributed by atoms with E-state index in [4.69, 9.17) is 0 Å². The van der Waals surface area contributed by atoms with Crippen LogP contribution in [0.1, 0.15) is 26.2 Å². The van der Waals surface area contributed by atoms with Gasteiger partial charge < -0.3 is 20.4 Å². The number of amides is 1. The summed E-state index contributed by atoms with van der Waals surface area (Å²) < 4.78 is 0. The molecule has 0 saturated carbocycles. The Morgan fingerprint density at radius 1 is 1.43 bits per heavy atom. The first kappa shape index (κ1) is 20.4. The second kappa shape index (κ2) is 11.1. The van der Waals surface area contributed by atoms with Crippen molar-refractivity contribution in [2.75, 3.05) is 47.3 Å². The highest BCUT2D eigenvalue weighted by atomic mass is 127. The third-order valence-corrected chi connectivity index (χ3v) is 3.48. The van der Waals surface area contributed by atoms with Crippen molar-refractivity contribution in [3.8, 4) is 0 Å². The highest BCUT2D eigenvalue weighted by Crippen LogP contribution is 2.10. The normalized spacial score (nSPS) is 18.6. The van der Waals surface area contributed by atoms with Crippen LogP contribution in [-0.2, 0) is 4.79 Å². The molecule has 1 amide bonds. The minimum Gasteiger partial charge on any atom is -0.356 e. The fraction of sp³-hybridized carbons (Fsp3) is 0.857. The SMILES string of the molecule is CCC(=O)N1CCC(NC(=NC)NCCCN(C)C)C1.I. The molecule has 0 aromatic heterocycles. The van der Waals surface area contributed by atoms with E-state index in [0.717, 1.165) is 45.0 Å². The van der Waals surface area contributed by atoms with Gasteiger partial charge in [0.25, 0.3) is 0 Å². The topological polar surface area (TPSA) is 60.0 Å². The highest BCUT2D eigenvalue weighted by molar-refractivity contribution is 14.0. The molecule has 0 radical (unpaired) electrons. The molecule has 0 spiro atoms. The number of nitrogens with one attached hydrogen (secondary N) is 2. The predicted octanol–water partition coefficient (Wildman–Crippen LogP) is 0.732. The van der Waals surface area contributed by atoms with Crippen molar-refractivity contribution >= 4 is 35.8 Å². The van der Waals surface area contributed by atoms with Gasteiger partial charge in [-0.25, -0.2) is 0 Å². The van der Waals surface area contributed by atoms with E-state index in [1.807, 2.05) is 11.8 Å². The van der Waals surface area contributed by atoms with E-state index in [9.17, 15) is 4.79 Å². The number of hydrogen-bond donors (Lipinski definition) is 2. The van der Waals surface area contributed by atoms with Gasteiger partial charge in [0.05, 0.1) is 0 Å². The Morgan fingerprint density at radius 2 is 2.14 bits per heavy atom. The van der Waals surface area contributed by atoms with Gasteiger partial charge in [0.15, 0.2) is 5.96 Å². The van der Waals surface area contributed by atoms with E-state index in [-0.39, 0.29) is 29.9 Å². The monoisotopic (exact) mass is 411 g/mol. The number of likely N-dealkylation sites (tertiary alicyclic amines) is 1. The number of aliphatic imine (C=N–C) groups is 1. The molecule has 1 fully saturated rings. The van der Waals surface area contributed by atoms with E-state index < -0.39 is 0 Å². The molecule has 21 heavy (non-hydrogen) atoms. The molecular weight excluding hydrogens is 381 g/mol. The van der Waals surface area contributed by atoms with E-state index in [1.54, 1.807) is 7.05 Å². The van der Waals surface area contributed by atoms with Crippen LogP contribution in [0.2, 0.25) is 0 Å². The first-order valence-electron chi connectivity index (χ1n) is 7.46. The number of guanidine groups is 1. The maximum atomic E-state index is 11.6. The molecular formula is C14H30IN5O. The van der Waals surface area contributed by atoms with Crippen LogP contribution in [-0.4, -0.2) is 75.0 Å². The predicted molar refractivity (Wildman–Crippen MR) is 98.4 cm³/mol. The summed E-state index contributed by atoms with van der Waals surface area (Å²) in [5, 5.41) is 6.71. The van der Waals surface area contributed by atoms with Crippen LogP contribution in [0, 0.1) is 0 Å². The quantitative estimate of drug-likeness (QED) is 0.293. The van der Waals surface area contributed by atoms with Gasteiger partial charge in [-0.2, -0.15) is 0 Å². The van der Waals surface area contributed by atoms with Crippen molar-refractivity contribution in [3.63, 3.8) is 0 Å². The van der Waals surface area contributed by atoms with Crippen LogP contribution < -0.4 is 10.6 Å². The molecule has 1 heterocycles. The Kier molecular flexibility index (Phi) is 10.8. The molecule has 1 aliphatic rings. The Morgan fingerprint density at radius 3 is 2.71 bits per heavy atom. The molecule has 7 heteroatoms. The molecule has 1 saturated heterocycles. The van der Waals surface area contributed by atoms with Crippen molar-refractivity contribution in [2.45, 2.75) is 32.2 Å². The van der Waals surface area contributed by atoms with E-state index >= 15 is 0 Å². The van der Waals surface area contributed by atoms with E-state index in [2.05, 4.69) is 34.6 Å². The first-order valence-corrected chi connectivity index (χ1v) is 7.46. The van der Waals surface area contributed by atoms with Crippen LogP contribution in [0.3, 0.4) is 0 Å². The molecule has 0 bridgehead atoms. The zero-order valence-electron chi connectivity index (χ0n) is 13.7. The van der Waals surface area contributed by atoms with Crippen LogP contribution >= 0.6 is 24.0 Å². The average Bonchev–Trinajstić information content (AvgIpc) is 2.89. The Balaban J connectivity index is 0.00000400. The maximum Gasteiger partial charge on any atom is 0.222 e. The molecule has 6 nitrogen and oxygen atoms in total. The van der Waals surface area contributed by atoms with Gasteiger partial charge in [0.1, 0.15) is 0 Å². The molecule has 1 unspecified atom stereocenters. The lowest BCUT2D eigenvalue weighted by Crippen LogP contribution is -2.45. The summed E-state index contributed by atoms with van der Waals surface area (Å²) in [5.41, 5.74) is 0. The number of halogens is 1. The van der Waals surface area contributed by atoms with Crippen LogP contribution in [0.15, 0.2) is 4.99 Å². The van der Waals surface area contributed by atoms with E-state index in [0.29, 0.717) is 12.5 Å². The summed E-state index contributed by atoms with van der Waals surface area (Å²) in [7, 11) is 5.93. The molecule has 0 aromatic rings. The summed E-state index contributed by atoms with van der Waals surface area (Å²) in [6.07, 6.45) is 2.66. The largest absolute Gasteiger partial charge is 0.356 e. The number of rotatable bonds is 6. The summed E-state index contributed by atoms with van der Waals surface area (Å²) in [6.45, 7) is 5.51. The van der Waals surface area contributed by atoms with Crippen molar-refractivity contribution < 1.29 is 4.79 Å². The summed E-state index contributed by atoms with van der Waals surface area (Å²) in [4.78, 5) is 20.0. The van der Waals surface area contributed by atoms with Gasteiger partial charge in [0.2, 0.25) is 5.91 Å². The molecule has 1 atom stereocenters. The van der Waals surface area contributed by atoms with Gasteiger partial charge >= 0.3 is 0 Å².